The van der Waals surface area contributed by atoms with Crippen LogP contribution in [0.2, 0.25) is 0 Å². The number of rotatable bonds is 4. The van der Waals surface area contributed by atoms with E-state index in [9.17, 15) is 0 Å². The number of nitrogens with two attached hydrogens (primary N) is 2. The molecule has 0 amide bonds. The Labute approximate surface area is 119 Å². The predicted molar refractivity (Wildman–Crippen MR) is 82.0 cm³/mol. The van der Waals surface area contributed by atoms with Crippen molar-refractivity contribution in [3.63, 3.8) is 0 Å². The molecule has 5 heteroatoms. The van der Waals surface area contributed by atoms with Crippen molar-refractivity contribution in [3.05, 3.63) is 46.1 Å². The Balaban J connectivity index is 2.34. The molecule has 0 fully saturated rings. The molecule has 1 heterocycles. The van der Waals surface area contributed by atoms with E-state index in [4.69, 9.17) is 11.6 Å². The number of nitrogens with one attached hydrogen (secondary N) is 1. The molecule has 0 radical (unpaired) electrons. The highest BCUT2D eigenvalue weighted by atomic mass is 15.3. The minimum Gasteiger partial charge on any atom is -0.384 e. The third-order valence-electron chi connectivity index (χ3n) is 3.84. The van der Waals surface area contributed by atoms with E-state index >= 15 is 0 Å². The minimum absolute atomic E-state index is 0.0381. The maximum Gasteiger partial charge on any atom is 0.126 e. The van der Waals surface area contributed by atoms with Gasteiger partial charge in [0.2, 0.25) is 0 Å². The van der Waals surface area contributed by atoms with E-state index < -0.39 is 0 Å². The van der Waals surface area contributed by atoms with Crippen LogP contribution in [0.5, 0.6) is 0 Å². The molecule has 1 aromatic carbocycles. The molecule has 1 atom stereocenters. The monoisotopic (exact) mass is 273 g/mol. The number of hydrogen-bond donors (Lipinski definition) is 3. The van der Waals surface area contributed by atoms with Crippen molar-refractivity contribution in [3.8, 4) is 0 Å². The minimum atomic E-state index is -0.0381. The van der Waals surface area contributed by atoms with Gasteiger partial charge in [0.1, 0.15) is 5.82 Å². The van der Waals surface area contributed by atoms with Crippen molar-refractivity contribution in [2.75, 3.05) is 5.73 Å². The zero-order valence-electron chi connectivity index (χ0n) is 12.6. The highest BCUT2D eigenvalue weighted by molar-refractivity contribution is 5.44. The highest BCUT2D eigenvalue weighted by Gasteiger charge is 2.18. The molecule has 1 aromatic heterocycles. The second-order valence-electron chi connectivity index (χ2n) is 5.41. The topological polar surface area (TPSA) is 81.9 Å². The third kappa shape index (κ3) is 2.69. The number of benzene rings is 1. The first-order valence-electron chi connectivity index (χ1n) is 6.74. The van der Waals surface area contributed by atoms with Gasteiger partial charge in [-0.25, -0.2) is 0 Å². The molecule has 1 unspecified atom stereocenters. The summed E-state index contributed by atoms with van der Waals surface area (Å²) in [7, 11) is 1.83. The van der Waals surface area contributed by atoms with Gasteiger partial charge in [0, 0.05) is 12.6 Å². The highest BCUT2D eigenvalue weighted by Crippen LogP contribution is 2.26. The number of hydrogen-bond acceptors (Lipinski definition) is 4. The average Bonchev–Trinajstić information content (AvgIpc) is 2.70. The summed E-state index contributed by atoms with van der Waals surface area (Å²) in [6.45, 7) is 6.38. The number of nitrogens with zero attached hydrogens (tertiary/aromatic N) is 2. The molecule has 0 aliphatic carbocycles. The Morgan fingerprint density at radius 3 is 2.30 bits per heavy atom. The molecule has 2 aromatic rings. The van der Waals surface area contributed by atoms with Gasteiger partial charge in [-0.15, -0.1) is 0 Å². The third-order valence-corrected chi connectivity index (χ3v) is 3.84. The molecule has 2 rings (SSSR count). The largest absolute Gasteiger partial charge is 0.384 e. The summed E-state index contributed by atoms with van der Waals surface area (Å²) in [5.74, 6) is 6.37. The molecule has 108 valence electrons. The summed E-state index contributed by atoms with van der Waals surface area (Å²) in [6.07, 6.45) is 2.57. The van der Waals surface area contributed by atoms with Crippen LogP contribution in [0.4, 0.5) is 5.82 Å². The van der Waals surface area contributed by atoms with E-state index in [1.165, 1.54) is 22.3 Å². The molecule has 0 bridgehead atoms. The first kappa shape index (κ1) is 14.6. The fourth-order valence-corrected chi connectivity index (χ4v) is 2.73. The van der Waals surface area contributed by atoms with E-state index in [1.54, 1.807) is 10.9 Å². The maximum absolute atomic E-state index is 6.04. The van der Waals surface area contributed by atoms with Crippen LogP contribution >= 0.6 is 0 Å². The molecule has 5 nitrogen and oxygen atoms in total. The van der Waals surface area contributed by atoms with E-state index in [-0.39, 0.29) is 6.04 Å². The van der Waals surface area contributed by atoms with Gasteiger partial charge in [0.15, 0.2) is 0 Å². The van der Waals surface area contributed by atoms with Gasteiger partial charge < -0.3 is 5.73 Å². The van der Waals surface area contributed by atoms with Gasteiger partial charge in [-0.05, 0) is 43.9 Å². The Kier molecular flexibility index (Phi) is 4.11. The van der Waals surface area contributed by atoms with Crippen LogP contribution in [0.1, 0.15) is 33.9 Å². The van der Waals surface area contributed by atoms with Crippen molar-refractivity contribution >= 4 is 5.82 Å². The van der Waals surface area contributed by atoms with Crippen molar-refractivity contribution in [1.82, 2.24) is 15.2 Å². The van der Waals surface area contributed by atoms with Gasteiger partial charge in [-0.2, -0.15) is 5.10 Å². The lowest BCUT2D eigenvalue weighted by Crippen LogP contribution is -2.30. The van der Waals surface area contributed by atoms with E-state index in [0.717, 1.165) is 12.0 Å². The molecule has 0 aliphatic heterocycles. The molecule has 0 saturated heterocycles. The smallest absolute Gasteiger partial charge is 0.126 e. The summed E-state index contributed by atoms with van der Waals surface area (Å²) in [4.78, 5) is 0. The van der Waals surface area contributed by atoms with Crippen molar-refractivity contribution in [2.24, 2.45) is 12.9 Å². The second-order valence-corrected chi connectivity index (χ2v) is 5.41. The van der Waals surface area contributed by atoms with Gasteiger partial charge in [-0.3, -0.25) is 16.0 Å². The lowest BCUT2D eigenvalue weighted by molar-refractivity contribution is 0.551. The van der Waals surface area contributed by atoms with Crippen LogP contribution < -0.4 is 17.0 Å². The Bertz CT molecular complexity index is 592. The van der Waals surface area contributed by atoms with E-state index in [1.807, 2.05) is 7.05 Å². The number of aryl methyl sites for hydroxylation is 4. The first-order chi connectivity index (χ1) is 9.43. The quantitative estimate of drug-likeness (QED) is 0.584. The lowest BCUT2D eigenvalue weighted by Gasteiger charge is -2.19. The molecular formula is C15H23N5. The number of nitrogen functional groups attached to an aromatic ring is 1. The van der Waals surface area contributed by atoms with Crippen molar-refractivity contribution in [1.29, 1.82) is 0 Å². The van der Waals surface area contributed by atoms with Crippen LogP contribution in [0.3, 0.4) is 0 Å². The molecule has 0 saturated carbocycles. The molecule has 20 heavy (non-hydrogen) atoms. The maximum atomic E-state index is 6.04. The Morgan fingerprint density at radius 2 is 1.85 bits per heavy atom. The SMILES string of the molecule is Cc1cc(C)c(CC(NN)c2cnn(C)c2N)c(C)c1. The molecular weight excluding hydrogens is 250 g/mol. The van der Waals surface area contributed by atoms with Gasteiger partial charge in [0.25, 0.3) is 0 Å². The van der Waals surface area contributed by atoms with Gasteiger partial charge >= 0.3 is 0 Å². The van der Waals surface area contributed by atoms with E-state index in [2.05, 4.69) is 43.4 Å². The van der Waals surface area contributed by atoms with Gasteiger partial charge in [-0.1, -0.05) is 17.7 Å². The van der Waals surface area contributed by atoms with Gasteiger partial charge in [0.05, 0.1) is 12.2 Å². The second kappa shape index (κ2) is 5.64. The zero-order chi connectivity index (χ0) is 14.9. The van der Waals surface area contributed by atoms with Crippen LogP contribution in [-0.4, -0.2) is 9.78 Å². The number of anilines is 1. The lowest BCUT2D eigenvalue weighted by atomic mass is 9.92. The van der Waals surface area contributed by atoms with E-state index in [0.29, 0.717) is 5.82 Å². The predicted octanol–water partition coefficient (Wildman–Crippen LogP) is 1.67. The number of hydrazine groups is 1. The average molecular weight is 273 g/mol. The Morgan fingerprint density at radius 1 is 1.25 bits per heavy atom. The summed E-state index contributed by atoms with van der Waals surface area (Å²) < 4.78 is 1.66. The Hall–Kier alpha value is -1.85. The first-order valence-corrected chi connectivity index (χ1v) is 6.74. The zero-order valence-corrected chi connectivity index (χ0v) is 12.6. The van der Waals surface area contributed by atoms with Crippen molar-refractivity contribution in [2.45, 2.75) is 33.2 Å². The molecule has 0 spiro atoms. The standard InChI is InChI=1S/C15H23N5/c1-9-5-10(2)12(11(3)6-9)7-14(19-17)13-8-18-20(4)15(13)16/h5-6,8,14,19H,7,16-17H2,1-4H3. The van der Waals surface area contributed by atoms with Crippen LogP contribution in [0, 0.1) is 20.8 Å². The fraction of sp³-hybridized carbons (Fsp3) is 0.400. The summed E-state index contributed by atoms with van der Waals surface area (Å²) >= 11 is 0. The molecule has 0 aliphatic rings. The van der Waals surface area contributed by atoms with Crippen LogP contribution in [0.15, 0.2) is 18.3 Å². The normalized spacial score (nSPS) is 12.7. The summed E-state index contributed by atoms with van der Waals surface area (Å²) in [5, 5.41) is 4.18. The van der Waals surface area contributed by atoms with Crippen LogP contribution in [-0.2, 0) is 13.5 Å². The fourth-order valence-electron chi connectivity index (χ4n) is 2.73. The van der Waals surface area contributed by atoms with Crippen molar-refractivity contribution < 1.29 is 0 Å². The molecule has 5 N–H and O–H groups in total. The van der Waals surface area contributed by atoms with Crippen LogP contribution in [0.25, 0.3) is 0 Å². The summed E-state index contributed by atoms with van der Waals surface area (Å²) in [5.41, 5.74) is 15.0. The summed E-state index contributed by atoms with van der Waals surface area (Å²) in [6, 6.07) is 4.36. The number of aromatic nitrogens is 2.